The van der Waals surface area contributed by atoms with Gasteiger partial charge in [0.05, 0.1) is 5.54 Å². The summed E-state index contributed by atoms with van der Waals surface area (Å²) in [6, 6.07) is 7.53. The third kappa shape index (κ3) is 3.16. The van der Waals surface area contributed by atoms with Gasteiger partial charge in [-0.15, -0.1) is 0 Å². The molecule has 1 aromatic heterocycles. The SMILES string of the molecule is NC1(c2noc(CCC(=O)c3ccc(I)cc3)n2)CCC1. The van der Waals surface area contributed by atoms with Crippen molar-refractivity contribution in [1.82, 2.24) is 10.1 Å². The highest BCUT2D eigenvalue weighted by atomic mass is 127. The van der Waals surface area contributed by atoms with E-state index in [0.717, 1.165) is 22.8 Å². The molecular weight excluding hydrogens is 381 g/mol. The summed E-state index contributed by atoms with van der Waals surface area (Å²) >= 11 is 2.21. The van der Waals surface area contributed by atoms with Gasteiger partial charge in [0, 0.05) is 22.0 Å². The Labute approximate surface area is 136 Å². The van der Waals surface area contributed by atoms with Gasteiger partial charge in [-0.3, -0.25) is 4.79 Å². The molecule has 0 saturated heterocycles. The summed E-state index contributed by atoms with van der Waals surface area (Å²) in [6.07, 6.45) is 3.71. The van der Waals surface area contributed by atoms with E-state index in [4.69, 9.17) is 10.3 Å². The number of ketones is 1. The Morgan fingerprint density at radius 3 is 2.67 bits per heavy atom. The summed E-state index contributed by atoms with van der Waals surface area (Å²) < 4.78 is 6.31. The van der Waals surface area contributed by atoms with E-state index in [0.29, 0.717) is 30.1 Å². The molecule has 1 fully saturated rings. The third-order valence-electron chi connectivity index (χ3n) is 3.89. The Morgan fingerprint density at radius 2 is 2.05 bits per heavy atom. The molecule has 1 aliphatic rings. The number of carbonyl (C=O) groups excluding carboxylic acids is 1. The number of aromatic nitrogens is 2. The lowest BCUT2D eigenvalue weighted by Gasteiger charge is -2.34. The number of nitrogens with zero attached hydrogens (tertiary/aromatic N) is 2. The Bertz CT molecular complexity index is 647. The summed E-state index contributed by atoms with van der Waals surface area (Å²) in [5.74, 6) is 1.14. The fraction of sp³-hybridized carbons (Fsp3) is 0.400. The van der Waals surface area contributed by atoms with Crippen LogP contribution in [0.25, 0.3) is 0 Å². The van der Waals surface area contributed by atoms with E-state index in [1.807, 2.05) is 24.3 Å². The lowest BCUT2D eigenvalue weighted by Crippen LogP contribution is -2.44. The zero-order valence-corrected chi connectivity index (χ0v) is 13.7. The molecule has 3 rings (SSSR count). The Hall–Kier alpha value is -1.28. The molecule has 1 aliphatic carbocycles. The zero-order chi connectivity index (χ0) is 14.9. The second-order valence-electron chi connectivity index (χ2n) is 5.45. The molecular formula is C15H16IN3O2. The van der Waals surface area contributed by atoms with Crippen LogP contribution in [-0.4, -0.2) is 15.9 Å². The van der Waals surface area contributed by atoms with Crippen LogP contribution in [0.15, 0.2) is 28.8 Å². The van der Waals surface area contributed by atoms with Crippen molar-refractivity contribution in [3.63, 3.8) is 0 Å². The molecule has 1 heterocycles. The minimum Gasteiger partial charge on any atom is -0.339 e. The first-order valence-corrected chi connectivity index (χ1v) is 8.05. The predicted molar refractivity (Wildman–Crippen MR) is 85.8 cm³/mol. The van der Waals surface area contributed by atoms with Crippen molar-refractivity contribution in [2.24, 2.45) is 5.73 Å². The number of rotatable bonds is 5. The molecule has 2 aromatic rings. The molecule has 6 heteroatoms. The number of carbonyl (C=O) groups is 1. The average Bonchev–Trinajstić information content (AvgIpc) is 2.92. The van der Waals surface area contributed by atoms with Crippen LogP contribution in [0, 0.1) is 3.57 Å². The maximum atomic E-state index is 12.1. The molecule has 0 unspecified atom stereocenters. The van der Waals surface area contributed by atoms with Crippen LogP contribution in [0.3, 0.4) is 0 Å². The van der Waals surface area contributed by atoms with E-state index in [1.165, 1.54) is 0 Å². The van der Waals surface area contributed by atoms with Gasteiger partial charge in [0.25, 0.3) is 0 Å². The molecule has 5 nitrogen and oxygen atoms in total. The van der Waals surface area contributed by atoms with E-state index in [-0.39, 0.29) is 5.78 Å². The Balaban J connectivity index is 1.60. The van der Waals surface area contributed by atoms with Gasteiger partial charge in [-0.1, -0.05) is 17.3 Å². The summed E-state index contributed by atoms with van der Waals surface area (Å²) in [7, 11) is 0. The van der Waals surface area contributed by atoms with Crippen molar-refractivity contribution in [2.75, 3.05) is 0 Å². The molecule has 0 aliphatic heterocycles. The van der Waals surface area contributed by atoms with Gasteiger partial charge in [0.2, 0.25) is 5.89 Å². The van der Waals surface area contributed by atoms with Crippen molar-refractivity contribution in [3.8, 4) is 0 Å². The number of hydrogen-bond acceptors (Lipinski definition) is 5. The van der Waals surface area contributed by atoms with Crippen LogP contribution in [0.1, 0.15) is 47.8 Å². The van der Waals surface area contributed by atoms with Crippen LogP contribution < -0.4 is 5.73 Å². The van der Waals surface area contributed by atoms with Gasteiger partial charge >= 0.3 is 0 Å². The lowest BCUT2D eigenvalue weighted by atomic mass is 9.77. The zero-order valence-electron chi connectivity index (χ0n) is 11.5. The van der Waals surface area contributed by atoms with Gasteiger partial charge in [-0.25, -0.2) is 0 Å². The predicted octanol–water partition coefficient (Wildman–Crippen LogP) is 2.83. The minimum atomic E-state index is -0.415. The van der Waals surface area contributed by atoms with Crippen molar-refractivity contribution in [1.29, 1.82) is 0 Å². The first-order chi connectivity index (χ1) is 10.1. The first kappa shape index (κ1) is 14.6. The van der Waals surface area contributed by atoms with Crippen LogP contribution in [0.2, 0.25) is 0 Å². The van der Waals surface area contributed by atoms with E-state index in [1.54, 1.807) is 0 Å². The fourth-order valence-corrected chi connectivity index (χ4v) is 2.70. The van der Waals surface area contributed by atoms with Gasteiger partial charge < -0.3 is 10.3 Å². The highest BCUT2D eigenvalue weighted by Crippen LogP contribution is 2.36. The smallest absolute Gasteiger partial charge is 0.227 e. The molecule has 2 N–H and O–H groups in total. The minimum absolute atomic E-state index is 0.0808. The highest BCUT2D eigenvalue weighted by Gasteiger charge is 2.38. The maximum Gasteiger partial charge on any atom is 0.227 e. The van der Waals surface area contributed by atoms with Gasteiger partial charge in [-0.2, -0.15) is 4.98 Å². The van der Waals surface area contributed by atoms with E-state index in [9.17, 15) is 4.79 Å². The molecule has 0 spiro atoms. The normalized spacial score (nSPS) is 16.5. The van der Waals surface area contributed by atoms with Crippen molar-refractivity contribution < 1.29 is 9.32 Å². The Kier molecular flexibility index (Phi) is 4.08. The Morgan fingerprint density at radius 1 is 1.33 bits per heavy atom. The van der Waals surface area contributed by atoms with E-state index in [2.05, 4.69) is 32.7 Å². The number of nitrogens with two attached hydrogens (primary N) is 1. The molecule has 1 saturated carbocycles. The molecule has 0 radical (unpaired) electrons. The fourth-order valence-electron chi connectivity index (χ4n) is 2.34. The quantitative estimate of drug-likeness (QED) is 0.620. The van der Waals surface area contributed by atoms with Crippen LogP contribution in [0.5, 0.6) is 0 Å². The molecule has 0 bridgehead atoms. The number of benzene rings is 1. The van der Waals surface area contributed by atoms with Gasteiger partial charge in [-0.05, 0) is 54.0 Å². The molecule has 0 atom stereocenters. The number of aryl methyl sites for hydroxylation is 1. The van der Waals surface area contributed by atoms with Crippen molar-refractivity contribution >= 4 is 28.4 Å². The monoisotopic (exact) mass is 397 g/mol. The van der Waals surface area contributed by atoms with Crippen molar-refractivity contribution in [2.45, 2.75) is 37.6 Å². The van der Waals surface area contributed by atoms with E-state index < -0.39 is 5.54 Å². The van der Waals surface area contributed by atoms with Crippen LogP contribution >= 0.6 is 22.6 Å². The third-order valence-corrected chi connectivity index (χ3v) is 4.61. The largest absolute Gasteiger partial charge is 0.339 e. The highest BCUT2D eigenvalue weighted by molar-refractivity contribution is 14.1. The topological polar surface area (TPSA) is 82.0 Å². The number of hydrogen-bond donors (Lipinski definition) is 1. The van der Waals surface area contributed by atoms with Crippen LogP contribution in [-0.2, 0) is 12.0 Å². The lowest BCUT2D eigenvalue weighted by molar-refractivity contribution is 0.0979. The standard InChI is InChI=1S/C15H16IN3O2/c16-11-4-2-10(3-5-11)12(20)6-7-13-18-14(19-21-13)15(17)8-1-9-15/h2-5H,1,6-9,17H2. The molecule has 1 aromatic carbocycles. The molecule has 21 heavy (non-hydrogen) atoms. The number of halogens is 1. The van der Waals surface area contributed by atoms with Gasteiger partial charge in [0.15, 0.2) is 11.6 Å². The summed E-state index contributed by atoms with van der Waals surface area (Å²) in [6.45, 7) is 0. The summed E-state index contributed by atoms with van der Waals surface area (Å²) in [4.78, 5) is 16.4. The summed E-state index contributed by atoms with van der Waals surface area (Å²) in [5.41, 5.74) is 6.44. The van der Waals surface area contributed by atoms with Crippen LogP contribution in [0.4, 0.5) is 0 Å². The second kappa shape index (κ2) is 5.84. The van der Waals surface area contributed by atoms with Crippen molar-refractivity contribution in [3.05, 3.63) is 45.1 Å². The van der Waals surface area contributed by atoms with E-state index >= 15 is 0 Å². The number of Topliss-reactive ketones (excluding diaryl/α,β-unsaturated/α-hetero) is 1. The average molecular weight is 397 g/mol. The first-order valence-electron chi connectivity index (χ1n) is 6.97. The maximum absolute atomic E-state index is 12.1. The molecule has 0 amide bonds. The molecule has 110 valence electrons. The van der Waals surface area contributed by atoms with Gasteiger partial charge in [0.1, 0.15) is 0 Å². The summed E-state index contributed by atoms with van der Waals surface area (Å²) in [5, 5.41) is 3.95. The second-order valence-corrected chi connectivity index (χ2v) is 6.70.